The van der Waals surface area contributed by atoms with E-state index >= 15 is 0 Å². The van der Waals surface area contributed by atoms with Gasteiger partial charge in [-0.1, -0.05) is 48.0 Å². The number of esters is 1. The fourth-order valence-corrected chi connectivity index (χ4v) is 4.22. The minimum Gasteiger partial charge on any atom is -0.457 e. The first-order chi connectivity index (χ1) is 16.6. The molecule has 182 valence electrons. The van der Waals surface area contributed by atoms with E-state index in [9.17, 15) is 18.0 Å². The fourth-order valence-electron chi connectivity index (χ4n) is 3.66. The maximum atomic E-state index is 12.9. The van der Waals surface area contributed by atoms with Crippen LogP contribution in [-0.2, 0) is 22.3 Å². The third-order valence-electron chi connectivity index (χ3n) is 5.58. The topological polar surface area (TPSA) is 48.4 Å². The van der Waals surface area contributed by atoms with E-state index in [0.29, 0.717) is 22.8 Å². The molecular weight excluding hydrogens is 502 g/mol. The average molecular weight is 522 g/mol. The molecule has 35 heavy (non-hydrogen) atoms. The normalized spacial score (nSPS) is 14.3. The second kappa shape index (κ2) is 10.3. The Morgan fingerprint density at radius 2 is 1.74 bits per heavy atom. The number of nitrogens with zero attached hydrogens (tertiary/aromatic N) is 1. The first-order valence-corrected chi connectivity index (χ1v) is 11.5. The lowest BCUT2D eigenvalue weighted by atomic mass is 9.91. The van der Waals surface area contributed by atoms with E-state index in [2.05, 4.69) is 11.6 Å². The van der Waals surface area contributed by atoms with Gasteiger partial charge in [0, 0.05) is 23.4 Å². The van der Waals surface area contributed by atoms with Crippen LogP contribution in [0.25, 0.3) is 0 Å². The number of hydrogen-bond acceptors (Lipinski definition) is 4. The zero-order valence-corrected chi connectivity index (χ0v) is 19.8. The Hall–Kier alpha value is -3.03. The van der Waals surface area contributed by atoms with Crippen molar-refractivity contribution in [2.24, 2.45) is 5.92 Å². The lowest BCUT2D eigenvalue weighted by Gasteiger charge is -2.18. The third-order valence-corrected chi connectivity index (χ3v) is 6.14. The predicted octanol–water partition coefficient (Wildman–Crippen LogP) is 7.99. The quantitative estimate of drug-likeness (QED) is 0.222. The summed E-state index contributed by atoms with van der Waals surface area (Å²) in [4.78, 5) is 17.0. The number of carbonyl (C=O) groups excluding carboxylic acids is 1. The fraction of sp³-hybridized carbons (Fsp3) is 0.231. The minimum atomic E-state index is -4.58. The summed E-state index contributed by atoms with van der Waals surface area (Å²) < 4.78 is 49.7. The third kappa shape index (κ3) is 6.16. The molecule has 1 aromatic heterocycles. The number of alkyl halides is 3. The van der Waals surface area contributed by atoms with Crippen molar-refractivity contribution in [1.29, 1.82) is 0 Å². The van der Waals surface area contributed by atoms with Crippen LogP contribution in [0.5, 0.6) is 11.5 Å². The van der Waals surface area contributed by atoms with Gasteiger partial charge in [0.15, 0.2) is 5.75 Å². The molecule has 0 bridgehead atoms. The molecule has 0 saturated heterocycles. The van der Waals surface area contributed by atoms with Crippen LogP contribution >= 0.6 is 23.2 Å². The van der Waals surface area contributed by atoms with Crippen LogP contribution in [0.4, 0.5) is 13.2 Å². The first-order valence-electron chi connectivity index (χ1n) is 10.7. The Morgan fingerprint density at radius 1 is 1.09 bits per heavy atom. The molecule has 1 fully saturated rings. The van der Waals surface area contributed by atoms with Crippen LogP contribution in [0.1, 0.15) is 35.6 Å². The van der Waals surface area contributed by atoms with Crippen molar-refractivity contribution < 1.29 is 27.4 Å². The number of benzene rings is 2. The summed E-state index contributed by atoms with van der Waals surface area (Å²) in [5, 5.41) is -0.529. The van der Waals surface area contributed by atoms with Crippen molar-refractivity contribution in [2.75, 3.05) is 0 Å². The highest BCUT2D eigenvalue weighted by Crippen LogP contribution is 2.46. The van der Waals surface area contributed by atoms with Gasteiger partial charge in [-0.3, -0.25) is 4.98 Å². The summed E-state index contributed by atoms with van der Waals surface area (Å²) in [5.74, 6) is -0.103. The SMILES string of the molecule is C=C(C(=O)OCc1ccc(Oc2c(Cl)cc(C(F)(F)F)cc2Cl)cc1)C(c1ccccn1)C1CC1. The predicted molar refractivity (Wildman–Crippen MR) is 127 cm³/mol. The summed E-state index contributed by atoms with van der Waals surface area (Å²) in [6.07, 6.45) is -0.853. The highest BCUT2D eigenvalue weighted by Gasteiger charge is 2.37. The largest absolute Gasteiger partial charge is 0.457 e. The van der Waals surface area contributed by atoms with Gasteiger partial charge in [-0.05, 0) is 60.7 Å². The number of halogens is 5. The lowest BCUT2D eigenvalue weighted by molar-refractivity contribution is -0.140. The van der Waals surface area contributed by atoms with Crippen molar-refractivity contribution >= 4 is 29.2 Å². The van der Waals surface area contributed by atoms with Gasteiger partial charge in [-0.2, -0.15) is 13.2 Å². The van der Waals surface area contributed by atoms with E-state index in [1.165, 1.54) is 0 Å². The zero-order valence-electron chi connectivity index (χ0n) is 18.3. The monoisotopic (exact) mass is 521 g/mol. The number of pyridine rings is 1. The summed E-state index contributed by atoms with van der Waals surface area (Å²) in [7, 11) is 0. The molecule has 0 N–H and O–H groups in total. The molecule has 2 aromatic carbocycles. The number of hydrogen-bond donors (Lipinski definition) is 0. The number of rotatable bonds is 8. The van der Waals surface area contributed by atoms with Crippen LogP contribution in [0.2, 0.25) is 10.0 Å². The van der Waals surface area contributed by atoms with Crippen LogP contribution in [0.15, 0.2) is 72.9 Å². The van der Waals surface area contributed by atoms with E-state index in [-0.39, 0.29) is 28.3 Å². The Morgan fingerprint density at radius 3 is 2.29 bits per heavy atom. The summed E-state index contributed by atoms with van der Waals surface area (Å²) in [6.45, 7) is 3.99. The van der Waals surface area contributed by atoms with E-state index in [1.54, 1.807) is 30.5 Å². The first kappa shape index (κ1) is 25.1. The van der Waals surface area contributed by atoms with Gasteiger partial charge >= 0.3 is 12.1 Å². The molecule has 9 heteroatoms. The molecule has 1 aliphatic carbocycles. The second-order valence-electron chi connectivity index (χ2n) is 8.18. The Bertz CT molecular complexity index is 1200. The maximum Gasteiger partial charge on any atom is 0.416 e. The molecule has 4 nitrogen and oxygen atoms in total. The van der Waals surface area contributed by atoms with E-state index < -0.39 is 17.7 Å². The van der Waals surface area contributed by atoms with Crippen molar-refractivity contribution in [3.63, 3.8) is 0 Å². The van der Waals surface area contributed by atoms with Gasteiger partial charge in [0.25, 0.3) is 0 Å². The number of aromatic nitrogens is 1. The molecule has 1 unspecified atom stereocenters. The summed E-state index contributed by atoms with van der Waals surface area (Å²) >= 11 is 11.9. The molecular formula is C26H20Cl2F3NO3. The molecule has 1 heterocycles. The minimum absolute atomic E-state index is 0.0134. The Labute approximate surface area is 210 Å². The second-order valence-corrected chi connectivity index (χ2v) is 9.00. The van der Waals surface area contributed by atoms with E-state index in [4.69, 9.17) is 32.7 Å². The van der Waals surface area contributed by atoms with Crippen LogP contribution in [-0.4, -0.2) is 11.0 Å². The molecule has 0 aliphatic heterocycles. The van der Waals surface area contributed by atoms with Crippen LogP contribution < -0.4 is 4.74 Å². The van der Waals surface area contributed by atoms with Crippen LogP contribution in [0.3, 0.4) is 0 Å². The van der Waals surface area contributed by atoms with Gasteiger partial charge < -0.3 is 9.47 Å². The average Bonchev–Trinajstić information content (AvgIpc) is 3.66. The molecule has 4 rings (SSSR count). The van der Waals surface area contributed by atoms with Crippen LogP contribution in [0, 0.1) is 5.92 Å². The molecule has 0 amide bonds. The number of ether oxygens (including phenoxy) is 2. The molecule has 1 aliphatic rings. The van der Waals surface area contributed by atoms with Crippen molar-refractivity contribution in [3.8, 4) is 11.5 Å². The summed E-state index contributed by atoms with van der Waals surface area (Å²) in [6, 6.07) is 13.6. The van der Waals surface area contributed by atoms with Gasteiger partial charge in [-0.25, -0.2) is 4.79 Å². The smallest absolute Gasteiger partial charge is 0.416 e. The molecule has 1 atom stereocenters. The van der Waals surface area contributed by atoms with Crippen molar-refractivity contribution in [1.82, 2.24) is 4.98 Å². The Balaban J connectivity index is 1.38. The summed E-state index contributed by atoms with van der Waals surface area (Å²) in [5.41, 5.74) is 0.895. The highest BCUT2D eigenvalue weighted by molar-refractivity contribution is 6.37. The van der Waals surface area contributed by atoms with E-state index in [1.807, 2.05) is 18.2 Å². The van der Waals surface area contributed by atoms with Crippen molar-refractivity contribution in [2.45, 2.75) is 31.5 Å². The molecule has 0 radical (unpaired) electrons. The molecule has 1 saturated carbocycles. The Kier molecular flexibility index (Phi) is 7.38. The number of carbonyl (C=O) groups is 1. The van der Waals surface area contributed by atoms with Gasteiger partial charge in [0.2, 0.25) is 0 Å². The van der Waals surface area contributed by atoms with E-state index in [0.717, 1.165) is 30.7 Å². The maximum absolute atomic E-state index is 12.9. The molecule has 3 aromatic rings. The van der Waals surface area contributed by atoms with Gasteiger partial charge in [-0.15, -0.1) is 0 Å². The zero-order chi connectivity index (χ0) is 25.2. The highest BCUT2D eigenvalue weighted by atomic mass is 35.5. The lowest BCUT2D eigenvalue weighted by Crippen LogP contribution is -2.16. The van der Waals surface area contributed by atoms with Gasteiger partial charge in [0.1, 0.15) is 12.4 Å². The van der Waals surface area contributed by atoms with Gasteiger partial charge in [0.05, 0.1) is 15.6 Å². The molecule has 0 spiro atoms. The van der Waals surface area contributed by atoms with Crippen molar-refractivity contribution in [3.05, 3.63) is 99.8 Å². The standard InChI is InChI=1S/C26H20Cl2F3NO3/c1-15(23(17-7-8-17)22-4-2-3-11-32-22)25(33)34-14-16-5-9-19(10-6-16)35-24-20(27)12-18(13-21(24)28)26(29,30)31/h2-6,9-13,17,23H,1,7-8,14H2.